The topological polar surface area (TPSA) is 95.1 Å². The van der Waals surface area contributed by atoms with Crippen molar-refractivity contribution >= 4 is 5.91 Å². The van der Waals surface area contributed by atoms with Gasteiger partial charge in [0.05, 0.1) is 11.5 Å². The first kappa shape index (κ1) is 14.5. The van der Waals surface area contributed by atoms with Gasteiger partial charge in [-0.1, -0.05) is 0 Å². The number of nitrogens with zero attached hydrogens (tertiary/aromatic N) is 3. The largest absolute Gasteiger partial charge is 0.381 e. The van der Waals surface area contributed by atoms with Crippen LogP contribution in [0.15, 0.2) is 0 Å². The van der Waals surface area contributed by atoms with Crippen molar-refractivity contribution in [3.05, 3.63) is 11.6 Å². The Morgan fingerprint density at radius 1 is 1.48 bits per heavy atom. The molecule has 2 aliphatic rings. The maximum atomic E-state index is 12.7. The Balaban J connectivity index is 1.71. The van der Waals surface area contributed by atoms with E-state index in [4.69, 9.17) is 10.5 Å². The van der Waals surface area contributed by atoms with E-state index < -0.39 is 5.41 Å². The Morgan fingerprint density at radius 3 is 2.95 bits per heavy atom. The number of carbonyl (C=O) groups excluding carboxylic acids is 1. The Hall–Kier alpha value is -1.47. The number of aromatic nitrogens is 3. The lowest BCUT2D eigenvalue weighted by atomic mass is 9.79. The summed E-state index contributed by atoms with van der Waals surface area (Å²) in [5, 5.41) is 11.5. The molecular formula is C14H23N5O2. The van der Waals surface area contributed by atoms with Crippen LogP contribution in [0, 0.1) is 5.41 Å². The van der Waals surface area contributed by atoms with Gasteiger partial charge in [0.2, 0.25) is 5.91 Å². The summed E-state index contributed by atoms with van der Waals surface area (Å²) in [6, 6.07) is -0.150. The smallest absolute Gasteiger partial charge is 0.228 e. The SMILES string of the molecule is CC(NC(=O)C1(CN)CCOCC1)c1nnc2n1CCC2. The van der Waals surface area contributed by atoms with Crippen LogP contribution in [0.5, 0.6) is 0 Å². The standard InChI is InChI=1S/C14H23N5O2/c1-10(12-18-17-11-3-2-6-19(11)12)16-13(20)14(9-15)4-7-21-8-5-14/h10H,2-9,15H2,1H3,(H,16,20). The Morgan fingerprint density at radius 2 is 2.24 bits per heavy atom. The maximum Gasteiger partial charge on any atom is 0.228 e. The van der Waals surface area contributed by atoms with Gasteiger partial charge in [-0.05, 0) is 26.2 Å². The molecule has 0 aromatic carbocycles. The van der Waals surface area contributed by atoms with Gasteiger partial charge in [-0.25, -0.2) is 0 Å². The fourth-order valence-corrected chi connectivity index (χ4v) is 3.19. The van der Waals surface area contributed by atoms with Crippen molar-refractivity contribution in [2.75, 3.05) is 19.8 Å². The molecule has 1 unspecified atom stereocenters. The summed E-state index contributed by atoms with van der Waals surface area (Å²) in [7, 11) is 0. The second-order valence-electron chi connectivity index (χ2n) is 6.02. The van der Waals surface area contributed by atoms with Crippen molar-refractivity contribution < 1.29 is 9.53 Å². The Kier molecular flexibility index (Phi) is 3.95. The van der Waals surface area contributed by atoms with Gasteiger partial charge in [0, 0.05) is 32.7 Å². The zero-order chi connectivity index (χ0) is 14.9. The molecule has 0 spiro atoms. The number of aryl methyl sites for hydroxylation is 1. The van der Waals surface area contributed by atoms with E-state index in [1.54, 1.807) is 0 Å². The number of fused-ring (bicyclic) bond motifs is 1. The third-order valence-corrected chi connectivity index (χ3v) is 4.70. The number of hydrogen-bond donors (Lipinski definition) is 2. The van der Waals surface area contributed by atoms with Gasteiger partial charge in [-0.2, -0.15) is 0 Å². The first-order valence-electron chi connectivity index (χ1n) is 7.67. The van der Waals surface area contributed by atoms with Gasteiger partial charge in [-0.15, -0.1) is 10.2 Å². The lowest BCUT2D eigenvalue weighted by Crippen LogP contribution is -2.49. The molecule has 21 heavy (non-hydrogen) atoms. The van der Waals surface area contributed by atoms with E-state index in [0.717, 1.165) is 31.0 Å². The molecule has 0 saturated carbocycles. The van der Waals surface area contributed by atoms with Crippen molar-refractivity contribution in [2.24, 2.45) is 11.1 Å². The zero-order valence-electron chi connectivity index (χ0n) is 12.5. The molecule has 7 heteroatoms. The summed E-state index contributed by atoms with van der Waals surface area (Å²) < 4.78 is 7.47. The number of carbonyl (C=O) groups is 1. The number of rotatable bonds is 4. The van der Waals surface area contributed by atoms with Gasteiger partial charge >= 0.3 is 0 Å². The molecule has 1 aromatic rings. The Bertz CT molecular complexity index is 521. The summed E-state index contributed by atoms with van der Waals surface area (Å²) >= 11 is 0. The van der Waals surface area contributed by atoms with Crippen LogP contribution in [0.3, 0.4) is 0 Å². The molecule has 1 aromatic heterocycles. The van der Waals surface area contributed by atoms with E-state index >= 15 is 0 Å². The van der Waals surface area contributed by atoms with E-state index in [1.807, 2.05) is 6.92 Å². The molecule has 1 fully saturated rings. The van der Waals surface area contributed by atoms with E-state index in [-0.39, 0.29) is 11.9 Å². The minimum atomic E-state index is -0.500. The average molecular weight is 293 g/mol. The third kappa shape index (κ3) is 2.55. The van der Waals surface area contributed by atoms with Crippen LogP contribution >= 0.6 is 0 Å². The summed E-state index contributed by atoms with van der Waals surface area (Å²) in [4.78, 5) is 12.7. The molecule has 7 nitrogen and oxygen atoms in total. The molecule has 3 rings (SSSR count). The summed E-state index contributed by atoms with van der Waals surface area (Å²) in [5.74, 6) is 1.87. The van der Waals surface area contributed by atoms with Gasteiger partial charge in [0.15, 0.2) is 5.82 Å². The van der Waals surface area contributed by atoms with Crippen molar-refractivity contribution in [3.8, 4) is 0 Å². The summed E-state index contributed by atoms with van der Waals surface area (Å²) in [5.41, 5.74) is 5.37. The fraction of sp³-hybridized carbons (Fsp3) is 0.786. The zero-order valence-corrected chi connectivity index (χ0v) is 12.5. The molecule has 3 N–H and O–H groups in total. The highest BCUT2D eigenvalue weighted by Gasteiger charge is 2.39. The minimum Gasteiger partial charge on any atom is -0.381 e. The lowest BCUT2D eigenvalue weighted by Gasteiger charge is -2.35. The van der Waals surface area contributed by atoms with Crippen molar-refractivity contribution in [2.45, 2.75) is 45.2 Å². The molecule has 116 valence electrons. The summed E-state index contributed by atoms with van der Waals surface area (Å²) in [6.45, 7) is 4.44. The maximum absolute atomic E-state index is 12.7. The fourth-order valence-electron chi connectivity index (χ4n) is 3.19. The van der Waals surface area contributed by atoms with Crippen molar-refractivity contribution in [3.63, 3.8) is 0 Å². The number of hydrogen-bond acceptors (Lipinski definition) is 5. The van der Waals surface area contributed by atoms with Gasteiger partial charge in [0.1, 0.15) is 5.82 Å². The second-order valence-corrected chi connectivity index (χ2v) is 6.02. The average Bonchev–Trinajstić information content (AvgIpc) is 3.10. The molecule has 0 aliphatic carbocycles. The van der Waals surface area contributed by atoms with Gasteiger partial charge in [-0.3, -0.25) is 4.79 Å². The normalized spacial score (nSPS) is 21.8. The first-order valence-corrected chi connectivity index (χ1v) is 7.67. The molecule has 2 aliphatic heterocycles. The van der Waals surface area contributed by atoms with Crippen LogP contribution in [0.1, 0.15) is 43.9 Å². The van der Waals surface area contributed by atoms with E-state index in [9.17, 15) is 4.79 Å². The quantitative estimate of drug-likeness (QED) is 0.824. The van der Waals surface area contributed by atoms with Crippen LogP contribution < -0.4 is 11.1 Å². The molecule has 3 heterocycles. The molecule has 1 amide bonds. The van der Waals surface area contributed by atoms with E-state index in [2.05, 4.69) is 20.1 Å². The van der Waals surface area contributed by atoms with Crippen LogP contribution in [0.25, 0.3) is 0 Å². The molecule has 1 saturated heterocycles. The lowest BCUT2D eigenvalue weighted by molar-refractivity contribution is -0.136. The van der Waals surface area contributed by atoms with Crippen LogP contribution in [-0.2, 0) is 22.5 Å². The molecule has 0 radical (unpaired) electrons. The predicted octanol–water partition coefficient (Wildman–Crippen LogP) is 0.157. The second kappa shape index (κ2) is 5.73. The van der Waals surface area contributed by atoms with Crippen LogP contribution in [0.4, 0.5) is 0 Å². The minimum absolute atomic E-state index is 0.0103. The Labute approximate surface area is 124 Å². The molecule has 0 bridgehead atoms. The molecule has 1 atom stereocenters. The number of nitrogens with one attached hydrogen (secondary N) is 1. The number of nitrogens with two attached hydrogens (primary N) is 1. The van der Waals surface area contributed by atoms with E-state index in [1.165, 1.54) is 0 Å². The van der Waals surface area contributed by atoms with Gasteiger partial charge < -0.3 is 20.4 Å². The highest BCUT2D eigenvalue weighted by Crippen LogP contribution is 2.30. The highest BCUT2D eigenvalue weighted by molar-refractivity contribution is 5.83. The van der Waals surface area contributed by atoms with Gasteiger partial charge in [0.25, 0.3) is 0 Å². The third-order valence-electron chi connectivity index (χ3n) is 4.70. The monoisotopic (exact) mass is 293 g/mol. The first-order chi connectivity index (χ1) is 10.2. The molecular weight excluding hydrogens is 270 g/mol. The van der Waals surface area contributed by atoms with Crippen LogP contribution in [-0.4, -0.2) is 40.4 Å². The summed E-state index contributed by atoms with van der Waals surface area (Å²) in [6.07, 6.45) is 3.43. The van der Waals surface area contributed by atoms with Crippen molar-refractivity contribution in [1.29, 1.82) is 0 Å². The highest BCUT2D eigenvalue weighted by atomic mass is 16.5. The number of amides is 1. The van der Waals surface area contributed by atoms with Crippen molar-refractivity contribution in [1.82, 2.24) is 20.1 Å². The van der Waals surface area contributed by atoms with E-state index in [0.29, 0.717) is 32.6 Å². The number of ether oxygens (including phenoxy) is 1. The van der Waals surface area contributed by atoms with Crippen LogP contribution in [0.2, 0.25) is 0 Å². The predicted molar refractivity (Wildman–Crippen MR) is 76.4 cm³/mol.